The van der Waals surface area contributed by atoms with E-state index in [4.69, 9.17) is 5.11 Å². The van der Waals surface area contributed by atoms with Crippen LogP contribution in [-0.4, -0.2) is 31.0 Å². The summed E-state index contributed by atoms with van der Waals surface area (Å²) >= 11 is 0. The molecule has 2 nitrogen and oxygen atoms in total. The van der Waals surface area contributed by atoms with E-state index < -0.39 is 14.2 Å². The molecule has 0 spiro atoms. The Kier molecular flexibility index (Phi) is 4.15. The fraction of sp³-hybridized carbons (Fsp3) is 1.00. The fourth-order valence-electron chi connectivity index (χ4n) is 1.32. The number of aliphatic hydroxyl groups is 2. The van der Waals surface area contributed by atoms with E-state index in [1.807, 2.05) is 0 Å². The molecule has 0 unspecified atom stereocenters. The van der Waals surface area contributed by atoms with E-state index in [0.717, 1.165) is 0 Å². The van der Waals surface area contributed by atoms with Gasteiger partial charge in [0.05, 0.1) is 20.8 Å². The van der Waals surface area contributed by atoms with Crippen molar-refractivity contribution in [1.82, 2.24) is 0 Å². The molecule has 2 N–H and O–H groups in total. The maximum absolute atomic E-state index is 9.61. The van der Waals surface area contributed by atoms with Crippen molar-refractivity contribution in [3.63, 3.8) is 0 Å². The fourth-order valence-corrected chi connectivity index (χ4v) is 3.76. The van der Waals surface area contributed by atoms with Gasteiger partial charge in [-0.25, -0.2) is 0 Å². The first kappa shape index (κ1) is 13.1. The van der Waals surface area contributed by atoms with Gasteiger partial charge in [0.2, 0.25) is 0 Å². The Hall–Kier alpha value is 0.137. The lowest BCUT2D eigenvalue weighted by atomic mass is 10.2. The zero-order chi connectivity index (χ0) is 10.9. The van der Waals surface area contributed by atoms with Gasteiger partial charge in [0.25, 0.3) is 0 Å². The van der Waals surface area contributed by atoms with E-state index in [0.29, 0.717) is 0 Å². The summed E-state index contributed by atoms with van der Waals surface area (Å²) in [6, 6.07) is 0. The zero-order valence-corrected chi connectivity index (χ0v) is 10.8. The van der Waals surface area contributed by atoms with Gasteiger partial charge in [0, 0.05) is 0 Å². The van der Waals surface area contributed by atoms with Gasteiger partial charge < -0.3 is 10.2 Å². The second-order valence-electron chi connectivity index (χ2n) is 5.51. The molecular weight excluding hydrogens is 180 g/mol. The van der Waals surface area contributed by atoms with E-state index in [1.165, 1.54) is 0 Å². The van der Waals surface area contributed by atoms with Crippen LogP contribution in [0.1, 0.15) is 27.7 Å². The Balaban J connectivity index is 4.63. The third kappa shape index (κ3) is 2.79. The quantitative estimate of drug-likeness (QED) is 0.692. The summed E-state index contributed by atoms with van der Waals surface area (Å²) in [6.07, 6.45) is -0.555. The molecule has 0 heterocycles. The first-order valence-corrected chi connectivity index (χ1v) is 8.01. The first-order valence-electron chi connectivity index (χ1n) is 4.93. The molecule has 3 heteroatoms. The Morgan fingerprint density at radius 2 is 1.62 bits per heavy atom. The van der Waals surface area contributed by atoms with Gasteiger partial charge in [-0.05, 0) is 10.6 Å². The van der Waals surface area contributed by atoms with Crippen molar-refractivity contribution >= 4 is 8.07 Å². The molecule has 0 aliphatic carbocycles. The molecule has 0 aromatic rings. The molecule has 0 rings (SSSR count). The molecule has 2 atom stereocenters. The highest BCUT2D eigenvalue weighted by molar-refractivity contribution is 6.81. The lowest BCUT2D eigenvalue weighted by molar-refractivity contribution is 0.0897. The minimum absolute atomic E-state index is 0.117. The van der Waals surface area contributed by atoms with Crippen LogP contribution in [0.3, 0.4) is 0 Å². The minimum atomic E-state index is -1.50. The van der Waals surface area contributed by atoms with Gasteiger partial charge >= 0.3 is 0 Å². The second-order valence-corrected chi connectivity index (χ2v) is 11.4. The van der Waals surface area contributed by atoms with Gasteiger partial charge in [-0.1, -0.05) is 40.8 Å². The monoisotopic (exact) mass is 204 g/mol. The summed E-state index contributed by atoms with van der Waals surface area (Å²) in [7, 11) is -1.50. The van der Waals surface area contributed by atoms with Crippen LogP contribution in [-0.2, 0) is 0 Å². The molecule has 0 aliphatic rings. The lowest BCUT2D eigenvalue weighted by Crippen LogP contribution is -2.46. The third-order valence-corrected chi connectivity index (χ3v) is 10.4. The highest BCUT2D eigenvalue weighted by Crippen LogP contribution is 2.44. The molecule has 0 bridgehead atoms. The van der Waals surface area contributed by atoms with E-state index >= 15 is 0 Å². The van der Waals surface area contributed by atoms with Crippen LogP contribution in [0.2, 0.25) is 23.7 Å². The minimum Gasteiger partial charge on any atom is -0.394 e. The summed E-state index contributed by atoms with van der Waals surface area (Å²) in [4.78, 5) is 0. The van der Waals surface area contributed by atoms with Crippen molar-refractivity contribution < 1.29 is 10.2 Å². The zero-order valence-electron chi connectivity index (χ0n) is 9.76. The smallest absolute Gasteiger partial charge is 0.0773 e. The highest BCUT2D eigenvalue weighted by atomic mass is 28.3. The summed E-state index contributed by atoms with van der Waals surface area (Å²) in [5.41, 5.74) is 0.234. The van der Waals surface area contributed by atoms with Crippen molar-refractivity contribution in [2.24, 2.45) is 0 Å². The first-order chi connectivity index (χ1) is 5.64. The van der Waals surface area contributed by atoms with Crippen molar-refractivity contribution in [3.8, 4) is 0 Å². The van der Waals surface area contributed by atoms with Crippen molar-refractivity contribution in [1.29, 1.82) is 0 Å². The normalized spacial score (nSPS) is 18.5. The second kappa shape index (κ2) is 4.11. The Bertz CT molecular complexity index is 161. The Morgan fingerprint density at radius 3 is 1.85 bits per heavy atom. The summed E-state index contributed by atoms with van der Waals surface area (Å²) in [5.74, 6) is 0. The van der Waals surface area contributed by atoms with E-state index in [2.05, 4.69) is 40.8 Å². The van der Waals surface area contributed by atoms with Crippen LogP contribution in [0.5, 0.6) is 0 Å². The third-order valence-electron chi connectivity index (χ3n) is 3.84. The van der Waals surface area contributed by atoms with Crippen LogP contribution in [0.15, 0.2) is 0 Å². The Labute approximate surface area is 83.0 Å². The number of rotatable bonds is 3. The van der Waals surface area contributed by atoms with Gasteiger partial charge in [0.15, 0.2) is 0 Å². The van der Waals surface area contributed by atoms with Gasteiger partial charge in [-0.2, -0.15) is 0 Å². The van der Waals surface area contributed by atoms with Crippen molar-refractivity contribution in [3.05, 3.63) is 0 Å². The van der Waals surface area contributed by atoms with E-state index in [-0.39, 0.29) is 17.2 Å². The molecular formula is C10H24O2Si. The van der Waals surface area contributed by atoms with Crippen LogP contribution >= 0.6 is 0 Å². The van der Waals surface area contributed by atoms with Crippen LogP contribution in [0.25, 0.3) is 0 Å². The molecule has 0 aromatic carbocycles. The van der Waals surface area contributed by atoms with Gasteiger partial charge in [0.1, 0.15) is 0 Å². The lowest BCUT2D eigenvalue weighted by Gasteiger charge is -2.43. The van der Waals surface area contributed by atoms with Crippen LogP contribution in [0, 0.1) is 0 Å². The topological polar surface area (TPSA) is 40.5 Å². The molecule has 0 radical (unpaired) electrons. The molecule has 0 aromatic heterocycles. The number of aliphatic hydroxyl groups excluding tert-OH is 2. The van der Waals surface area contributed by atoms with Gasteiger partial charge in [-0.3, -0.25) is 0 Å². The average Bonchev–Trinajstić information content (AvgIpc) is 1.99. The maximum atomic E-state index is 9.61. The van der Waals surface area contributed by atoms with Crippen LogP contribution in [0.4, 0.5) is 0 Å². The molecule has 0 saturated carbocycles. The molecule has 80 valence electrons. The van der Waals surface area contributed by atoms with Crippen LogP contribution < -0.4 is 0 Å². The SMILES string of the molecule is C[C@@H]([C@@H](O)CO)[Si](C)(C)C(C)(C)C. The van der Waals surface area contributed by atoms with Gasteiger partial charge in [-0.15, -0.1) is 0 Å². The molecule has 13 heavy (non-hydrogen) atoms. The van der Waals surface area contributed by atoms with E-state index in [9.17, 15) is 5.11 Å². The summed E-state index contributed by atoms with van der Waals surface area (Å²) in [5, 5.41) is 18.8. The predicted octanol–water partition coefficient (Wildman–Crippen LogP) is 2.24. The largest absolute Gasteiger partial charge is 0.394 e. The van der Waals surface area contributed by atoms with E-state index in [1.54, 1.807) is 0 Å². The highest BCUT2D eigenvalue weighted by Gasteiger charge is 2.42. The molecule has 0 fully saturated rings. The maximum Gasteiger partial charge on any atom is 0.0773 e. The summed E-state index contributed by atoms with van der Waals surface area (Å²) in [6.45, 7) is 13.2. The molecule has 0 aliphatic heterocycles. The molecule has 0 amide bonds. The van der Waals surface area contributed by atoms with Crippen molar-refractivity contribution in [2.75, 3.05) is 6.61 Å². The number of hydrogen-bond donors (Lipinski definition) is 2. The van der Waals surface area contributed by atoms with Crippen molar-refractivity contribution in [2.45, 2.75) is 57.5 Å². The standard InChI is InChI=1S/C10H24O2Si/c1-8(9(12)7-11)13(5,6)10(2,3)4/h8-9,11-12H,7H2,1-6H3/t8-,9-/m0/s1. The predicted molar refractivity (Wildman–Crippen MR) is 59.7 cm³/mol. The summed E-state index contributed by atoms with van der Waals surface area (Å²) < 4.78 is 0. The Morgan fingerprint density at radius 1 is 1.23 bits per heavy atom. The number of hydrogen-bond acceptors (Lipinski definition) is 2. The average molecular weight is 204 g/mol. The molecule has 0 saturated heterocycles.